The van der Waals surface area contributed by atoms with Gasteiger partial charge in [-0.25, -0.2) is 4.39 Å². The van der Waals surface area contributed by atoms with Gasteiger partial charge in [0.15, 0.2) is 0 Å². The highest BCUT2D eigenvalue weighted by Crippen LogP contribution is 2.36. The molecule has 0 aromatic heterocycles. The lowest BCUT2D eigenvalue weighted by Crippen LogP contribution is -2.24. The number of nitrogens with zero attached hydrogens (tertiary/aromatic N) is 2. The Morgan fingerprint density at radius 1 is 1.53 bits per heavy atom. The first kappa shape index (κ1) is 15.8. The molecule has 0 unspecified atom stereocenters. The van der Waals surface area contributed by atoms with E-state index in [9.17, 15) is 14.5 Å². The van der Waals surface area contributed by atoms with Crippen LogP contribution in [0, 0.1) is 15.9 Å². The molecule has 6 nitrogen and oxygen atoms in total. The zero-order chi connectivity index (χ0) is 14.4. The summed E-state index contributed by atoms with van der Waals surface area (Å²) in [5.41, 5.74) is -0.0180. The SMILES string of the molecule is CN(CCOCCO)c1c([N+](=O)[O-])ccc(F)c1Br. The zero-order valence-corrected chi connectivity index (χ0v) is 11.9. The van der Waals surface area contributed by atoms with Crippen molar-refractivity contribution < 1.29 is 19.2 Å². The molecule has 0 aliphatic carbocycles. The summed E-state index contributed by atoms with van der Waals surface area (Å²) in [5, 5.41) is 19.5. The average Bonchev–Trinajstić information content (AvgIpc) is 2.37. The Kier molecular flexibility index (Phi) is 6.13. The number of nitro benzene ring substituents is 1. The molecule has 106 valence electrons. The molecule has 0 aliphatic heterocycles. The molecule has 1 rings (SSSR count). The number of aliphatic hydroxyl groups excluding tert-OH is 1. The Balaban J connectivity index is 2.90. The second kappa shape index (κ2) is 7.37. The van der Waals surface area contributed by atoms with Crippen LogP contribution in [0.5, 0.6) is 0 Å². The summed E-state index contributed by atoms with van der Waals surface area (Å²) in [6.45, 7) is 0.716. The van der Waals surface area contributed by atoms with E-state index in [0.717, 1.165) is 12.1 Å². The number of hydrogen-bond donors (Lipinski definition) is 1. The van der Waals surface area contributed by atoms with Gasteiger partial charge in [0, 0.05) is 19.7 Å². The highest BCUT2D eigenvalue weighted by molar-refractivity contribution is 9.10. The van der Waals surface area contributed by atoms with Gasteiger partial charge in [-0.1, -0.05) is 0 Å². The quantitative estimate of drug-likeness (QED) is 0.468. The topological polar surface area (TPSA) is 75.8 Å². The monoisotopic (exact) mass is 336 g/mol. The van der Waals surface area contributed by atoms with Gasteiger partial charge in [-0.15, -0.1) is 0 Å². The second-order valence-electron chi connectivity index (χ2n) is 3.74. The van der Waals surface area contributed by atoms with E-state index in [1.807, 2.05) is 0 Å². The van der Waals surface area contributed by atoms with Gasteiger partial charge in [-0.05, 0) is 22.0 Å². The number of aliphatic hydroxyl groups is 1. The fraction of sp³-hybridized carbons (Fsp3) is 0.455. The maximum atomic E-state index is 13.5. The Morgan fingerprint density at radius 2 is 2.21 bits per heavy atom. The van der Waals surface area contributed by atoms with Crippen molar-refractivity contribution in [3.8, 4) is 0 Å². The summed E-state index contributed by atoms with van der Waals surface area (Å²) in [7, 11) is 1.61. The Labute approximate surface area is 118 Å². The first-order chi connectivity index (χ1) is 8.99. The van der Waals surface area contributed by atoms with Crippen LogP contribution in [0.1, 0.15) is 0 Å². The largest absolute Gasteiger partial charge is 0.394 e. The lowest BCUT2D eigenvalue weighted by atomic mass is 10.2. The summed E-state index contributed by atoms with van der Waals surface area (Å²) < 4.78 is 18.6. The average molecular weight is 337 g/mol. The third-order valence-electron chi connectivity index (χ3n) is 2.43. The highest BCUT2D eigenvalue weighted by atomic mass is 79.9. The van der Waals surface area contributed by atoms with Crippen molar-refractivity contribution in [1.29, 1.82) is 0 Å². The predicted molar refractivity (Wildman–Crippen MR) is 71.9 cm³/mol. The van der Waals surface area contributed by atoms with E-state index in [0.29, 0.717) is 6.54 Å². The van der Waals surface area contributed by atoms with E-state index in [2.05, 4.69) is 15.9 Å². The van der Waals surface area contributed by atoms with Crippen LogP contribution in [0.3, 0.4) is 0 Å². The van der Waals surface area contributed by atoms with E-state index in [1.54, 1.807) is 7.05 Å². The molecule has 0 heterocycles. The van der Waals surface area contributed by atoms with Crippen molar-refractivity contribution in [3.05, 3.63) is 32.5 Å². The van der Waals surface area contributed by atoms with Crippen LogP contribution < -0.4 is 4.90 Å². The van der Waals surface area contributed by atoms with Crippen LogP contribution in [0.15, 0.2) is 16.6 Å². The van der Waals surface area contributed by atoms with Crippen LogP contribution in [-0.4, -0.2) is 43.4 Å². The van der Waals surface area contributed by atoms with Crippen molar-refractivity contribution in [1.82, 2.24) is 0 Å². The summed E-state index contributed by atoms with van der Waals surface area (Å²) in [6.07, 6.45) is 0. The van der Waals surface area contributed by atoms with Gasteiger partial charge in [0.25, 0.3) is 5.69 Å². The van der Waals surface area contributed by atoms with Crippen LogP contribution in [0.4, 0.5) is 15.8 Å². The maximum Gasteiger partial charge on any atom is 0.293 e. The molecular formula is C11H14BrFN2O4. The van der Waals surface area contributed by atoms with E-state index in [4.69, 9.17) is 9.84 Å². The van der Waals surface area contributed by atoms with Crippen molar-refractivity contribution in [2.75, 3.05) is 38.3 Å². The lowest BCUT2D eigenvalue weighted by molar-refractivity contribution is -0.384. The minimum Gasteiger partial charge on any atom is -0.394 e. The fourth-order valence-corrected chi connectivity index (χ4v) is 2.16. The van der Waals surface area contributed by atoms with Crippen LogP contribution >= 0.6 is 15.9 Å². The Morgan fingerprint density at radius 3 is 2.79 bits per heavy atom. The van der Waals surface area contributed by atoms with Crippen LogP contribution in [0.2, 0.25) is 0 Å². The molecule has 0 aliphatic rings. The maximum absolute atomic E-state index is 13.5. The third kappa shape index (κ3) is 4.12. The fourth-order valence-electron chi connectivity index (χ4n) is 1.52. The Bertz CT molecular complexity index is 459. The predicted octanol–water partition coefficient (Wildman–Crippen LogP) is 1.94. The molecule has 0 radical (unpaired) electrons. The molecule has 1 aromatic carbocycles. The van der Waals surface area contributed by atoms with Gasteiger partial charge in [0.05, 0.1) is 29.2 Å². The number of likely N-dealkylation sites (N-methyl/N-ethyl adjacent to an activating group) is 1. The van der Waals surface area contributed by atoms with E-state index in [-0.39, 0.29) is 35.7 Å². The number of ether oxygens (including phenoxy) is 1. The smallest absolute Gasteiger partial charge is 0.293 e. The molecule has 1 aromatic rings. The van der Waals surface area contributed by atoms with Gasteiger partial charge in [-0.3, -0.25) is 10.1 Å². The van der Waals surface area contributed by atoms with Crippen molar-refractivity contribution in [2.45, 2.75) is 0 Å². The van der Waals surface area contributed by atoms with Gasteiger partial charge in [0.2, 0.25) is 0 Å². The summed E-state index contributed by atoms with van der Waals surface area (Å²) >= 11 is 3.02. The number of anilines is 1. The number of rotatable bonds is 7. The van der Waals surface area contributed by atoms with E-state index < -0.39 is 10.7 Å². The molecule has 0 saturated heterocycles. The number of hydrogen-bond acceptors (Lipinski definition) is 5. The van der Waals surface area contributed by atoms with Crippen molar-refractivity contribution in [3.63, 3.8) is 0 Å². The molecule has 0 fully saturated rings. The summed E-state index contributed by atoms with van der Waals surface area (Å²) in [5.74, 6) is -0.566. The molecule has 8 heteroatoms. The third-order valence-corrected chi connectivity index (χ3v) is 3.19. The minimum atomic E-state index is -0.566. The van der Waals surface area contributed by atoms with Crippen LogP contribution in [-0.2, 0) is 4.74 Å². The van der Waals surface area contributed by atoms with Gasteiger partial charge >= 0.3 is 0 Å². The van der Waals surface area contributed by atoms with Gasteiger partial charge in [-0.2, -0.15) is 0 Å². The summed E-state index contributed by atoms with van der Waals surface area (Å²) in [4.78, 5) is 11.9. The molecule has 0 bridgehead atoms. The molecule has 0 saturated carbocycles. The number of benzene rings is 1. The molecule has 0 amide bonds. The number of nitro groups is 1. The normalized spacial score (nSPS) is 10.5. The molecular weight excluding hydrogens is 323 g/mol. The highest BCUT2D eigenvalue weighted by Gasteiger charge is 2.22. The van der Waals surface area contributed by atoms with Crippen molar-refractivity contribution >= 4 is 27.3 Å². The van der Waals surface area contributed by atoms with E-state index >= 15 is 0 Å². The molecule has 0 atom stereocenters. The van der Waals surface area contributed by atoms with Gasteiger partial charge < -0.3 is 14.7 Å². The Hall–Kier alpha value is -1.25. The second-order valence-corrected chi connectivity index (χ2v) is 4.54. The first-order valence-corrected chi connectivity index (χ1v) is 6.30. The molecule has 19 heavy (non-hydrogen) atoms. The first-order valence-electron chi connectivity index (χ1n) is 5.51. The van der Waals surface area contributed by atoms with Crippen LogP contribution in [0.25, 0.3) is 0 Å². The summed E-state index contributed by atoms with van der Waals surface area (Å²) in [6, 6.07) is 2.17. The minimum absolute atomic E-state index is 0.0476. The lowest BCUT2D eigenvalue weighted by Gasteiger charge is -2.20. The molecule has 0 spiro atoms. The van der Waals surface area contributed by atoms with Gasteiger partial charge in [0.1, 0.15) is 11.5 Å². The molecule has 1 N–H and O–H groups in total. The van der Waals surface area contributed by atoms with E-state index in [1.165, 1.54) is 4.90 Å². The zero-order valence-electron chi connectivity index (χ0n) is 10.3. The standard InChI is InChI=1S/C11H14BrFN2O4/c1-14(4-6-19-7-5-16)11-9(15(17)18)3-2-8(13)10(11)12/h2-3,16H,4-7H2,1H3. The number of halogens is 2. The van der Waals surface area contributed by atoms with Crippen molar-refractivity contribution in [2.24, 2.45) is 0 Å².